The summed E-state index contributed by atoms with van der Waals surface area (Å²) < 4.78 is 6.30. The number of piperidine rings is 1. The van der Waals surface area contributed by atoms with Gasteiger partial charge in [0.05, 0.1) is 23.4 Å². The van der Waals surface area contributed by atoms with Crippen LogP contribution in [0.5, 0.6) is 0 Å². The molecular formula is C25H27N3O3S. The van der Waals surface area contributed by atoms with Gasteiger partial charge >= 0.3 is 0 Å². The van der Waals surface area contributed by atoms with Crippen LogP contribution in [0.1, 0.15) is 18.4 Å². The molecule has 32 heavy (non-hydrogen) atoms. The Labute approximate surface area is 192 Å². The molecule has 1 aliphatic rings. The summed E-state index contributed by atoms with van der Waals surface area (Å²) in [4.78, 5) is 34.2. The quantitative estimate of drug-likeness (QED) is 0.507. The van der Waals surface area contributed by atoms with Crippen LogP contribution >= 0.6 is 11.3 Å². The molecule has 1 fully saturated rings. The summed E-state index contributed by atoms with van der Waals surface area (Å²) in [5, 5.41) is 0.706. The Kier molecular flexibility index (Phi) is 7.29. The highest BCUT2D eigenvalue weighted by molar-refractivity contribution is 7.22. The molecular weight excluding hydrogens is 422 g/mol. The van der Waals surface area contributed by atoms with E-state index in [2.05, 4.69) is 4.98 Å². The van der Waals surface area contributed by atoms with Gasteiger partial charge in [0.2, 0.25) is 11.8 Å². The fraction of sp³-hybridized carbons (Fsp3) is 0.320. The van der Waals surface area contributed by atoms with Crippen molar-refractivity contribution < 1.29 is 14.3 Å². The Hall–Kier alpha value is -3.03. The van der Waals surface area contributed by atoms with E-state index >= 15 is 0 Å². The molecule has 0 radical (unpaired) electrons. The number of anilines is 1. The molecule has 0 unspecified atom stereocenters. The Morgan fingerprint density at radius 1 is 1.12 bits per heavy atom. The Morgan fingerprint density at radius 2 is 1.84 bits per heavy atom. The maximum Gasteiger partial charge on any atom is 0.246 e. The van der Waals surface area contributed by atoms with Gasteiger partial charge in [-0.1, -0.05) is 53.8 Å². The fourth-order valence-corrected chi connectivity index (χ4v) is 4.86. The van der Waals surface area contributed by atoms with Gasteiger partial charge in [-0.3, -0.25) is 14.5 Å². The number of fused-ring (bicyclic) bond motifs is 1. The Morgan fingerprint density at radius 3 is 2.56 bits per heavy atom. The highest BCUT2D eigenvalue weighted by atomic mass is 32.1. The topological polar surface area (TPSA) is 62.7 Å². The van der Waals surface area contributed by atoms with Crippen LogP contribution in [0.15, 0.2) is 60.7 Å². The minimum absolute atomic E-state index is 0.0119. The third-order valence-electron chi connectivity index (χ3n) is 5.67. The molecule has 0 N–H and O–H groups in total. The van der Waals surface area contributed by atoms with Crippen molar-refractivity contribution in [2.24, 2.45) is 5.92 Å². The van der Waals surface area contributed by atoms with Crippen molar-refractivity contribution in [2.45, 2.75) is 12.8 Å². The number of hydrogen-bond acceptors (Lipinski definition) is 5. The van der Waals surface area contributed by atoms with E-state index in [0.717, 1.165) is 15.8 Å². The SMILES string of the molecule is COCCN(C(=O)C1CCN(C(=O)/C=C/c2ccccc2)CC1)c1nc2ccccc2s1. The van der Waals surface area contributed by atoms with E-state index in [1.54, 1.807) is 18.1 Å². The lowest BCUT2D eigenvalue weighted by atomic mass is 9.95. The Bertz CT molecular complexity index is 1060. The molecule has 6 nitrogen and oxygen atoms in total. The van der Waals surface area contributed by atoms with Crippen molar-refractivity contribution in [3.63, 3.8) is 0 Å². The molecule has 2 aromatic carbocycles. The van der Waals surface area contributed by atoms with Gasteiger partial charge in [-0.15, -0.1) is 0 Å². The molecule has 0 saturated carbocycles. The van der Waals surface area contributed by atoms with Gasteiger partial charge in [-0.2, -0.15) is 0 Å². The maximum absolute atomic E-state index is 13.4. The lowest BCUT2D eigenvalue weighted by Crippen LogP contribution is -2.45. The number of carbonyl (C=O) groups is 2. The number of methoxy groups -OCH3 is 1. The third-order valence-corrected chi connectivity index (χ3v) is 6.73. The van der Waals surface area contributed by atoms with Gasteiger partial charge < -0.3 is 9.64 Å². The van der Waals surface area contributed by atoms with Crippen LogP contribution in [0.3, 0.4) is 0 Å². The average molecular weight is 450 g/mol. The smallest absolute Gasteiger partial charge is 0.246 e. The summed E-state index contributed by atoms with van der Waals surface area (Å²) in [6, 6.07) is 17.7. The van der Waals surface area contributed by atoms with E-state index in [9.17, 15) is 9.59 Å². The van der Waals surface area contributed by atoms with Gasteiger partial charge in [-0.05, 0) is 36.6 Å². The number of thiazole rings is 1. The predicted molar refractivity (Wildman–Crippen MR) is 129 cm³/mol. The van der Waals surface area contributed by atoms with Crippen LogP contribution in [0.4, 0.5) is 5.13 Å². The number of ether oxygens (including phenoxy) is 1. The molecule has 2 heterocycles. The zero-order chi connectivity index (χ0) is 22.3. The minimum atomic E-state index is -0.124. The average Bonchev–Trinajstić information content (AvgIpc) is 3.27. The molecule has 0 atom stereocenters. The molecule has 4 rings (SSSR count). The normalized spacial score (nSPS) is 14.8. The number of likely N-dealkylation sites (tertiary alicyclic amines) is 1. The van der Waals surface area contributed by atoms with E-state index in [4.69, 9.17) is 4.74 Å². The molecule has 2 amide bonds. The number of aromatic nitrogens is 1. The van der Waals surface area contributed by atoms with Gasteiger partial charge in [0, 0.05) is 32.2 Å². The highest BCUT2D eigenvalue weighted by Gasteiger charge is 2.31. The van der Waals surface area contributed by atoms with Crippen molar-refractivity contribution >= 4 is 44.6 Å². The summed E-state index contributed by atoms with van der Waals surface area (Å²) in [5.74, 6) is -0.0729. The largest absolute Gasteiger partial charge is 0.383 e. The molecule has 166 valence electrons. The first kappa shape index (κ1) is 22.2. The molecule has 1 aliphatic heterocycles. The number of amides is 2. The first-order valence-electron chi connectivity index (χ1n) is 10.8. The van der Waals surface area contributed by atoms with Crippen LogP contribution < -0.4 is 4.90 Å². The maximum atomic E-state index is 13.4. The lowest BCUT2D eigenvalue weighted by Gasteiger charge is -2.33. The second kappa shape index (κ2) is 10.5. The summed E-state index contributed by atoms with van der Waals surface area (Å²) in [7, 11) is 1.63. The molecule has 3 aromatic rings. The molecule has 1 saturated heterocycles. The van der Waals surface area contributed by atoms with Gasteiger partial charge in [0.25, 0.3) is 0 Å². The van der Waals surface area contributed by atoms with Crippen molar-refractivity contribution in [1.29, 1.82) is 0 Å². The van der Waals surface area contributed by atoms with Gasteiger partial charge in [0.15, 0.2) is 5.13 Å². The minimum Gasteiger partial charge on any atom is -0.383 e. The van der Waals surface area contributed by atoms with Crippen molar-refractivity contribution in [3.05, 3.63) is 66.2 Å². The predicted octanol–water partition coefficient (Wildman–Crippen LogP) is 4.23. The number of carbonyl (C=O) groups excluding carboxylic acids is 2. The fourth-order valence-electron chi connectivity index (χ4n) is 3.86. The Balaban J connectivity index is 1.40. The van der Waals surface area contributed by atoms with Gasteiger partial charge in [-0.25, -0.2) is 4.98 Å². The second-order valence-corrected chi connectivity index (χ2v) is 8.80. The van der Waals surface area contributed by atoms with Gasteiger partial charge in [0.1, 0.15) is 0 Å². The first-order valence-corrected chi connectivity index (χ1v) is 11.7. The van der Waals surface area contributed by atoms with Crippen LogP contribution in [0.2, 0.25) is 0 Å². The zero-order valence-electron chi connectivity index (χ0n) is 18.1. The third kappa shape index (κ3) is 5.23. The van der Waals surface area contributed by atoms with E-state index in [1.807, 2.05) is 65.6 Å². The van der Waals surface area contributed by atoms with Crippen LogP contribution in [-0.2, 0) is 14.3 Å². The summed E-state index contributed by atoms with van der Waals surface area (Å²) in [6.45, 7) is 2.07. The summed E-state index contributed by atoms with van der Waals surface area (Å²) in [6.07, 6.45) is 4.75. The van der Waals surface area contributed by atoms with E-state index in [1.165, 1.54) is 11.3 Å². The zero-order valence-corrected chi connectivity index (χ0v) is 19.0. The number of hydrogen-bond donors (Lipinski definition) is 0. The number of benzene rings is 2. The van der Waals surface area contributed by atoms with Crippen LogP contribution in [0, 0.1) is 5.92 Å². The summed E-state index contributed by atoms with van der Waals surface area (Å²) >= 11 is 1.52. The van der Waals surface area contributed by atoms with E-state index in [0.29, 0.717) is 44.2 Å². The number of nitrogens with zero attached hydrogens (tertiary/aromatic N) is 3. The molecule has 0 spiro atoms. The van der Waals surface area contributed by atoms with Crippen molar-refractivity contribution in [1.82, 2.24) is 9.88 Å². The molecule has 0 aliphatic carbocycles. The van der Waals surface area contributed by atoms with Crippen LogP contribution in [-0.4, -0.2) is 55.0 Å². The molecule has 7 heteroatoms. The van der Waals surface area contributed by atoms with E-state index < -0.39 is 0 Å². The van der Waals surface area contributed by atoms with Crippen molar-refractivity contribution in [2.75, 3.05) is 38.3 Å². The summed E-state index contributed by atoms with van der Waals surface area (Å²) in [5.41, 5.74) is 1.89. The lowest BCUT2D eigenvalue weighted by molar-refractivity contribution is -0.131. The first-order chi connectivity index (χ1) is 15.7. The molecule has 1 aromatic heterocycles. The number of para-hydroxylation sites is 1. The van der Waals surface area contributed by atoms with E-state index in [-0.39, 0.29) is 17.7 Å². The molecule has 0 bridgehead atoms. The monoisotopic (exact) mass is 449 g/mol. The number of rotatable bonds is 7. The second-order valence-electron chi connectivity index (χ2n) is 7.79. The van der Waals surface area contributed by atoms with Crippen molar-refractivity contribution in [3.8, 4) is 0 Å². The standard InChI is InChI=1S/C25H27N3O3S/c1-31-18-17-28(25-26-21-9-5-6-10-22(21)32-25)24(30)20-13-15-27(16-14-20)23(29)12-11-19-7-3-2-4-8-19/h2-12,20H,13-18H2,1H3/b12-11+. The van der Waals surface area contributed by atoms with Crippen LogP contribution in [0.25, 0.3) is 16.3 Å². The highest BCUT2D eigenvalue weighted by Crippen LogP contribution is 2.31.